The van der Waals surface area contributed by atoms with Crippen LogP contribution in [0.25, 0.3) is 0 Å². The predicted molar refractivity (Wildman–Crippen MR) is 84.9 cm³/mol. The molecule has 0 aliphatic carbocycles. The van der Waals surface area contributed by atoms with Gasteiger partial charge in [-0.3, -0.25) is 9.10 Å². The Morgan fingerprint density at radius 2 is 2.00 bits per heavy atom. The van der Waals surface area contributed by atoms with Gasteiger partial charge in [-0.05, 0) is 30.2 Å². The maximum absolute atomic E-state index is 11.6. The van der Waals surface area contributed by atoms with Crippen LogP contribution in [0.2, 0.25) is 0 Å². The van der Waals surface area contributed by atoms with Gasteiger partial charge in [0, 0.05) is 13.5 Å². The Morgan fingerprint density at radius 1 is 1.38 bits per heavy atom. The van der Waals surface area contributed by atoms with Crippen LogP contribution in [-0.2, 0) is 15.7 Å². The average Bonchev–Trinajstić information content (AvgIpc) is 2.40. The van der Waals surface area contributed by atoms with Crippen molar-refractivity contribution in [3.05, 3.63) is 60.4 Å². The first kappa shape index (κ1) is 17.0. The number of hydrogen-bond acceptors (Lipinski definition) is 3. The molecule has 0 saturated carbocycles. The van der Waals surface area contributed by atoms with E-state index in [4.69, 9.17) is 0 Å². The molecule has 1 atom stereocenters. The minimum atomic E-state index is -2.81. The van der Waals surface area contributed by atoms with Gasteiger partial charge in [0.2, 0.25) is 16.8 Å². The molecule has 0 aromatic carbocycles. The van der Waals surface area contributed by atoms with Gasteiger partial charge in [0.05, 0.1) is 11.7 Å². The van der Waals surface area contributed by atoms with Crippen molar-refractivity contribution in [2.24, 2.45) is 0 Å². The fraction of sp³-hybridized carbons (Fsp3) is 0.267. The van der Waals surface area contributed by atoms with E-state index < -0.39 is 10.9 Å². The molecule has 0 radical (unpaired) electrons. The van der Waals surface area contributed by atoms with Crippen molar-refractivity contribution in [1.29, 1.82) is 0 Å². The maximum Gasteiger partial charge on any atom is 0.225 e. The summed E-state index contributed by atoms with van der Waals surface area (Å²) in [5.41, 5.74) is 2.06. The maximum atomic E-state index is 11.6. The lowest BCUT2D eigenvalue weighted by Crippen LogP contribution is -2.39. The number of hydrogen-bond donors (Lipinski definition) is 2. The van der Waals surface area contributed by atoms with Gasteiger partial charge in [0.25, 0.3) is 0 Å². The van der Waals surface area contributed by atoms with Crippen LogP contribution in [0.15, 0.2) is 60.4 Å². The Labute approximate surface area is 127 Å². The van der Waals surface area contributed by atoms with Crippen molar-refractivity contribution < 1.29 is 13.2 Å². The molecule has 0 unspecified atom stereocenters. The van der Waals surface area contributed by atoms with E-state index in [1.54, 1.807) is 25.2 Å². The molecule has 1 heterocycles. The van der Waals surface area contributed by atoms with Gasteiger partial charge in [-0.25, -0.2) is 8.42 Å². The lowest BCUT2D eigenvalue weighted by atomic mass is 9.96. The fourth-order valence-electron chi connectivity index (χ4n) is 2.09. The molecule has 1 rings (SSSR count). The van der Waals surface area contributed by atoms with Gasteiger partial charge in [0.15, 0.2) is 0 Å². The zero-order valence-corrected chi connectivity index (χ0v) is 13.1. The Kier molecular flexibility index (Phi) is 6.17. The van der Waals surface area contributed by atoms with Crippen LogP contribution in [0.3, 0.4) is 0 Å². The molecule has 0 spiro atoms. The first-order valence-electron chi connectivity index (χ1n) is 6.46. The van der Waals surface area contributed by atoms with Crippen molar-refractivity contribution in [1.82, 2.24) is 9.62 Å². The van der Waals surface area contributed by atoms with Crippen LogP contribution in [0.4, 0.5) is 0 Å². The van der Waals surface area contributed by atoms with E-state index in [9.17, 15) is 13.2 Å². The monoisotopic (exact) mass is 308 g/mol. The summed E-state index contributed by atoms with van der Waals surface area (Å²) in [6, 6.07) is -0.369. The van der Waals surface area contributed by atoms with E-state index in [0.717, 1.165) is 5.57 Å². The summed E-state index contributed by atoms with van der Waals surface area (Å²) in [5.74, 6) is -0.164. The van der Waals surface area contributed by atoms with Crippen molar-refractivity contribution in [3.63, 3.8) is 0 Å². The first-order valence-corrected chi connectivity index (χ1v) is 7.59. The second-order valence-corrected chi connectivity index (χ2v) is 5.44. The topological polar surface area (TPSA) is 66.5 Å². The highest BCUT2D eigenvalue weighted by molar-refractivity contribution is 7.70. The molecule has 0 bridgehead atoms. The van der Waals surface area contributed by atoms with Crippen molar-refractivity contribution >= 4 is 16.8 Å². The van der Waals surface area contributed by atoms with E-state index in [1.807, 2.05) is 6.08 Å². The van der Waals surface area contributed by atoms with Crippen LogP contribution >= 0.6 is 0 Å². The number of nitrogens with zero attached hydrogens (tertiary/aromatic N) is 1. The number of rotatable bonds is 5. The van der Waals surface area contributed by atoms with Crippen molar-refractivity contribution in [2.75, 3.05) is 6.54 Å². The third-order valence-electron chi connectivity index (χ3n) is 3.08. The molecular weight excluding hydrogens is 288 g/mol. The molecule has 21 heavy (non-hydrogen) atoms. The van der Waals surface area contributed by atoms with E-state index in [2.05, 4.69) is 18.5 Å². The molecule has 0 aromatic rings. The quantitative estimate of drug-likeness (QED) is 0.756. The summed E-state index contributed by atoms with van der Waals surface area (Å²) in [6.45, 7) is 10.8. The standard InChI is InChI=1S/C15H20N2O3S/c1-5-7-13-9-14(10-16-12(4)18)11(3)17(21(19)20)15(13)8-6-2/h5-9,11,21H,1-2,10H2,3-4H3,(H,16,18)/b13-7-,15-8+/t11-/m1/s1. The van der Waals surface area contributed by atoms with E-state index >= 15 is 0 Å². The van der Waals surface area contributed by atoms with Gasteiger partial charge in [-0.1, -0.05) is 31.4 Å². The SMILES string of the molecule is C=C/C=C1/C=C(CNC(C)=O)[C@@H](C)N([SH](=O)=O)/C1=C/C=C. The highest BCUT2D eigenvalue weighted by Crippen LogP contribution is 2.30. The molecule has 1 aliphatic rings. The third-order valence-corrected chi connectivity index (χ3v) is 3.99. The van der Waals surface area contributed by atoms with Crippen molar-refractivity contribution in [3.8, 4) is 0 Å². The Bertz CT molecular complexity index is 604. The predicted octanol–water partition coefficient (Wildman–Crippen LogP) is 1.46. The minimum Gasteiger partial charge on any atom is -0.353 e. The number of allylic oxidation sites excluding steroid dienone is 5. The fourth-order valence-corrected chi connectivity index (χ4v) is 2.88. The number of thiol groups is 1. The summed E-state index contributed by atoms with van der Waals surface area (Å²) >= 11 is 0. The van der Waals surface area contributed by atoms with Crippen LogP contribution < -0.4 is 5.32 Å². The highest BCUT2D eigenvalue weighted by Gasteiger charge is 2.28. The molecule has 114 valence electrons. The summed E-state index contributed by atoms with van der Waals surface area (Å²) < 4.78 is 24.5. The Hall–Kier alpha value is -2.08. The second kappa shape index (κ2) is 7.64. The van der Waals surface area contributed by atoms with Crippen LogP contribution in [-0.4, -0.2) is 31.2 Å². The second-order valence-electron chi connectivity index (χ2n) is 4.53. The number of nitrogens with one attached hydrogen (secondary N) is 1. The van der Waals surface area contributed by atoms with Crippen LogP contribution in [0.5, 0.6) is 0 Å². The molecular formula is C15H20N2O3S. The van der Waals surface area contributed by atoms with Gasteiger partial charge in [-0.2, -0.15) is 0 Å². The highest BCUT2D eigenvalue weighted by atomic mass is 32.2. The van der Waals surface area contributed by atoms with Gasteiger partial charge in [-0.15, -0.1) is 0 Å². The summed E-state index contributed by atoms with van der Waals surface area (Å²) in [6.07, 6.45) is 8.36. The van der Waals surface area contributed by atoms with E-state index in [-0.39, 0.29) is 11.9 Å². The van der Waals surface area contributed by atoms with E-state index in [1.165, 1.54) is 17.3 Å². The smallest absolute Gasteiger partial charge is 0.225 e. The third kappa shape index (κ3) is 4.19. The molecule has 0 aromatic heterocycles. The lowest BCUT2D eigenvalue weighted by molar-refractivity contribution is -0.118. The van der Waals surface area contributed by atoms with Gasteiger partial charge >= 0.3 is 0 Å². The summed E-state index contributed by atoms with van der Waals surface area (Å²) in [5, 5.41) is 2.69. The summed E-state index contributed by atoms with van der Waals surface area (Å²) in [7, 11) is -2.81. The van der Waals surface area contributed by atoms with Crippen molar-refractivity contribution in [2.45, 2.75) is 19.9 Å². The molecule has 1 aliphatic heterocycles. The first-order chi connectivity index (χ1) is 9.92. The molecule has 1 N–H and O–H groups in total. The van der Waals surface area contributed by atoms with Gasteiger partial charge < -0.3 is 5.32 Å². The number of amides is 1. The van der Waals surface area contributed by atoms with Gasteiger partial charge in [0.1, 0.15) is 0 Å². The molecule has 1 amide bonds. The molecule has 0 saturated heterocycles. The number of carbonyl (C=O) groups excluding carboxylic acids is 1. The zero-order chi connectivity index (χ0) is 16.0. The Balaban J connectivity index is 3.35. The van der Waals surface area contributed by atoms with Crippen LogP contribution in [0.1, 0.15) is 13.8 Å². The largest absolute Gasteiger partial charge is 0.353 e. The van der Waals surface area contributed by atoms with Crippen LogP contribution in [0, 0.1) is 0 Å². The Morgan fingerprint density at radius 3 is 2.48 bits per heavy atom. The number of carbonyl (C=O) groups is 1. The molecule has 5 nitrogen and oxygen atoms in total. The lowest BCUT2D eigenvalue weighted by Gasteiger charge is -2.34. The minimum absolute atomic E-state index is 0.164. The average molecular weight is 308 g/mol. The summed E-state index contributed by atoms with van der Waals surface area (Å²) in [4.78, 5) is 11.1. The molecule has 0 fully saturated rings. The normalized spacial score (nSPS) is 22.3. The molecule has 6 heteroatoms. The zero-order valence-electron chi connectivity index (χ0n) is 12.2. The van der Waals surface area contributed by atoms with E-state index in [0.29, 0.717) is 17.8 Å².